The first-order valence-corrected chi connectivity index (χ1v) is 14.0. The van der Waals surface area contributed by atoms with Gasteiger partial charge in [0.2, 0.25) is 5.76 Å². The standard InChI is InChI=1S/C33H27N3O4S/c1-39-32(38)29-17-16-26(40-29)22-35-21-24(27-14-8-9-15-28(27)35)20-30-31(37)36(19-18-23-10-4-2-5-11-23)33(41-30)34-25-12-6-3-7-13-25/h2-17,20-21H,18-19,22H2,1H3/b30-20-,34-33?. The summed E-state index contributed by atoms with van der Waals surface area (Å²) in [5.41, 5.74) is 3.87. The first kappa shape index (κ1) is 26.4. The third-order valence-electron chi connectivity index (χ3n) is 6.82. The first-order valence-electron chi connectivity index (χ1n) is 13.2. The second-order valence-corrected chi connectivity index (χ2v) is 10.5. The molecule has 0 atom stereocenters. The van der Waals surface area contributed by atoms with Crippen LogP contribution in [0.1, 0.15) is 27.4 Å². The first-order chi connectivity index (χ1) is 20.1. The zero-order valence-electron chi connectivity index (χ0n) is 22.4. The lowest BCUT2D eigenvalue weighted by Gasteiger charge is -2.15. The molecule has 0 unspecified atom stereocenters. The molecule has 204 valence electrons. The van der Waals surface area contributed by atoms with E-state index < -0.39 is 5.97 Å². The number of furan rings is 1. The van der Waals surface area contributed by atoms with Crippen LogP contribution in [0, 0.1) is 0 Å². The van der Waals surface area contributed by atoms with Crippen LogP contribution in [0.3, 0.4) is 0 Å². The van der Waals surface area contributed by atoms with Gasteiger partial charge < -0.3 is 13.7 Å². The molecule has 7 nitrogen and oxygen atoms in total. The number of aromatic nitrogens is 1. The molecule has 0 bridgehead atoms. The zero-order chi connectivity index (χ0) is 28.2. The summed E-state index contributed by atoms with van der Waals surface area (Å²) in [7, 11) is 1.32. The Morgan fingerprint density at radius 2 is 1.68 bits per heavy atom. The summed E-state index contributed by atoms with van der Waals surface area (Å²) in [6, 6.07) is 31.2. The molecule has 3 heterocycles. The number of carbonyl (C=O) groups is 2. The number of hydrogen-bond acceptors (Lipinski definition) is 6. The largest absolute Gasteiger partial charge is 0.463 e. The van der Waals surface area contributed by atoms with E-state index in [9.17, 15) is 9.59 Å². The van der Waals surface area contributed by atoms with E-state index >= 15 is 0 Å². The van der Waals surface area contributed by atoms with Crippen molar-refractivity contribution in [3.63, 3.8) is 0 Å². The normalized spacial score (nSPS) is 15.3. The van der Waals surface area contributed by atoms with Gasteiger partial charge in [0, 0.05) is 29.2 Å². The van der Waals surface area contributed by atoms with E-state index in [2.05, 4.69) is 16.7 Å². The molecule has 1 amide bonds. The summed E-state index contributed by atoms with van der Waals surface area (Å²) in [4.78, 5) is 32.8. The number of esters is 1. The highest BCUT2D eigenvalue weighted by Gasteiger charge is 2.33. The second-order valence-electron chi connectivity index (χ2n) is 9.52. The summed E-state index contributed by atoms with van der Waals surface area (Å²) < 4.78 is 12.5. The topological polar surface area (TPSA) is 77.0 Å². The Hall–Kier alpha value is -4.82. The smallest absolute Gasteiger partial charge is 0.373 e. The lowest BCUT2D eigenvalue weighted by molar-refractivity contribution is -0.122. The van der Waals surface area contributed by atoms with Crippen LogP contribution in [-0.2, 0) is 22.5 Å². The maximum Gasteiger partial charge on any atom is 0.373 e. The van der Waals surface area contributed by atoms with Crippen LogP contribution in [0.2, 0.25) is 0 Å². The highest BCUT2D eigenvalue weighted by atomic mass is 32.2. The number of para-hydroxylation sites is 2. The molecule has 0 saturated carbocycles. The Bertz CT molecular complexity index is 1770. The summed E-state index contributed by atoms with van der Waals surface area (Å²) in [5.74, 6) is 0.211. The number of fused-ring (bicyclic) bond motifs is 1. The van der Waals surface area contributed by atoms with E-state index in [0.29, 0.717) is 28.9 Å². The molecule has 5 aromatic rings. The third kappa shape index (κ3) is 5.73. The van der Waals surface area contributed by atoms with E-state index in [1.807, 2.05) is 85.1 Å². The molecule has 1 fully saturated rings. The number of ether oxygens (including phenoxy) is 1. The van der Waals surface area contributed by atoms with Gasteiger partial charge in [-0.05, 0) is 60.2 Å². The summed E-state index contributed by atoms with van der Waals surface area (Å²) in [5, 5.41) is 1.68. The average Bonchev–Trinajstić information content (AvgIpc) is 3.70. The second kappa shape index (κ2) is 11.7. The van der Waals surface area contributed by atoms with Crippen LogP contribution in [0.5, 0.6) is 0 Å². The molecule has 6 rings (SSSR count). The fourth-order valence-electron chi connectivity index (χ4n) is 4.79. The van der Waals surface area contributed by atoms with Gasteiger partial charge >= 0.3 is 5.97 Å². The number of thioether (sulfide) groups is 1. The van der Waals surface area contributed by atoms with Crippen molar-refractivity contribution in [1.82, 2.24) is 9.47 Å². The highest BCUT2D eigenvalue weighted by molar-refractivity contribution is 8.18. The molecule has 3 aromatic carbocycles. The monoisotopic (exact) mass is 561 g/mol. The van der Waals surface area contributed by atoms with E-state index in [4.69, 9.17) is 14.1 Å². The van der Waals surface area contributed by atoms with E-state index in [1.54, 1.807) is 17.0 Å². The Balaban J connectivity index is 1.33. The Labute approximate surface area is 241 Å². The molecule has 0 N–H and O–H groups in total. The molecular formula is C33H27N3O4S. The lowest BCUT2D eigenvalue weighted by atomic mass is 10.1. The maximum atomic E-state index is 13.8. The predicted molar refractivity (Wildman–Crippen MR) is 162 cm³/mol. The molecule has 0 aliphatic carbocycles. The maximum absolute atomic E-state index is 13.8. The SMILES string of the molecule is COC(=O)c1ccc(Cn2cc(/C=C3\SC(=Nc4ccccc4)N(CCc4ccccc4)C3=O)c3ccccc32)o1. The number of amidine groups is 1. The molecule has 1 saturated heterocycles. The van der Waals surface area contributed by atoms with Gasteiger partial charge in [-0.1, -0.05) is 66.7 Å². The van der Waals surface area contributed by atoms with Crippen molar-refractivity contribution in [2.45, 2.75) is 13.0 Å². The van der Waals surface area contributed by atoms with Gasteiger partial charge in [0.1, 0.15) is 5.76 Å². The number of nitrogens with zero attached hydrogens (tertiary/aromatic N) is 3. The van der Waals surface area contributed by atoms with Crippen molar-refractivity contribution >= 4 is 51.5 Å². The van der Waals surface area contributed by atoms with Gasteiger partial charge in [0.25, 0.3) is 5.91 Å². The number of hydrogen-bond donors (Lipinski definition) is 0. The van der Waals surface area contributed by atoms with Crippen LogP contribution < -0.4 is 0 Å². The Morgan fingerprint density at radius 1 is 0.951 bits per heavy atom. The quantitative estimate of drug-likeness (QED) is 0.152. The summed E-state index contributed by atoms with van der Waals surface area (Å²) >= 11 is 1.39. The van der Waals surface area contributed by atoms with Crippen LogP contribution in [0.4, 0.5) is 5.69 Å². The molecule has 0 radical (unpaired) electrons. The highest BCUT2D eigenvalue weighted by Crippen LogP contribution is 2.36. The Kier molecular flexibility index (Phi) is 7.56. The molecular weight excluding hydrogens is 534 g/mol. The summed E-state index contributed by atoms with van der Waals surface area (Å²) in [6.45, 7) is 0.952. The van der Waals surface area contributed by atoms with Crippen molar-refractivity contribution in [3.05, 3.63) is 131 Å². The van der Waals surface area contributed by atoms with Crippen molar-refractivity contribution in [1.29, 1.82) is 0 Å². The average molecular weight is 562 g/mol. The minimum Gasteiger partial charge on any atom is -0.463 e. The summed E-state index contributed by atoms with van der Waals surface area (Å²) in [6.07, 6.45) is 4.67. The van der Waals surface area contributed by atoms with Crippen molar-refractivity contribution in [3.8, 4) is 0 Å². The van der Waals surface area contributed by atoms with E-state index in [0.717, 1.165) is 34.1 Å². The molecule has 2 aromatic heterocycles. The van der Waals surface area contributed by atoms with Crippen molar-refractivity contribution < 1.29 is 18.7 Å². The number of benzene rings is 3. The minimum atomic E-state index is -0.513. The predicted octanol–water partition coefficient (Wildman–Crippen LogP) is 6.92. The van der Waals surface area contributed by atoms with Crippen molar-refractivity contribution in [2.75, 3.05) is 13.7 Å². The van der Waals surface area contributed by atoms with Gasteiger partial charge in [0.05, 0.1) is 24.2 Å². The molecule has 0 spiro atoms. The van der Waals surface area contributed by atoms with Crippen LogP contribution in [-0.4, -0.2) is 40.2 Å². The van der Waals surface area contributed by atoms with E-state index in [1.165, 1.54) is 18.9 Å². The third-order valence-corrected chi connectivity index (χ3v) is 7.82. The Morgan fingerprint density at radius 3 is 2.46 bits per heavy atom. The van der Waals surface area contributed by atoms with Gasteiger partial charge in [-0.2, -0.15) is 0 Å². The van der Waals surface area contributed by atoms with Gasteiger partial charge in [-0.15, -0.1) is 0 Å². The molecule has 8 heteroatoms. The number of aliphatic imine (C=N–C) groups is 1. The van der Waals surface area contributed by atoms with Crippen LogP contribution in [0.15, 0.2) is 118 Å². The number of amides is 1. The zero-order valence-corrected chi connectivity index (χ0v) is 23.2. The number of methoxy groups -OCH3 is 1. The minimum absolute atomic E-state index is 0.0637. The van der Waals surface area contributed by atoms with Gasteiger partial charge in [0.15, 0.2) is 5.17 Å². The molecule has 1 aliphatic heterocycles. The number of carbonyl (C=O) groups excluding carboxylic acids is 2. The van der Waals surface area contributed by atoms with Crippen LogP contribution >= 0.6 is 11.8 Å². The number of rotatable bonds is 8. The fraction of sp³-hybridized carbons (Fsp3) is 0.121. The molecule has 41 heavy (non-hydrogen) atoms. The van der Waals surface area contributed by atoms with Gasteiger partial charge in [-0.25, -0.2) is 9.79 Å². The van der Waals surface area contributed by atoms with Crippen molar-refractivity contribution in [2.24, 2.45) is 4.99 Å². The van der Waals surface area contributed by atoms with Crippen LogP contribution in [0.25, 0.3) is 17.0 Å². The lowest BCUT2D eigenvalue weighted by Crippen LogP contribution is -2.31. The van der Waals surface area contributed by atoms with E-state index in [-0.39, 0.29) is 11.7 Å². The fourth-order valence-corrected chi connectivity index (χ4v) is 5.81. The molecule has 1 aliphatic rings. The van der Waals surface area contributed by atoms with Gasteiger partial charge in [-0.3, -0.25) is 9.69 Å².